The summed E-state index contributed by atoms with van der Waals surface area (Å²) in [6, 6.07) is 9.53. The Morgan fingerprint density at radius 2 is 1.84 bits per heavy atom. The van der Waals surface area contributed by atoms with Crippen molar-refractivity contribution in [3.05, 3.63) is 47.2 Å². The van der Waals surface area contributed by atoms with E-state index < -0.39 is 0 Å². The minimum atomic E-state index is -0.364. The van der Waals surface area contributed by atoms with Gasteiger partial charge in [-0.3, -0.25) is 14.5 Å². The Morgan fingerprint density at radius 3 is 2.59 bits per heavy atom. The lowest BCUT2D eigenvalue weighted by Crippen LogP contribution is -2.43. The summed E-state index contributed by atoms with van der Waals surface area (Å²) in [5, 5.41) is 0. The van der Waals surface area contributed by atoms with E-state index in [1.165, 1.54) is 0 Å². The number of carbonyl (C=O) groups excluding carboxylic acids is 2. The number of Topliss-reactive ketones (excluding diaryl/α,β-unsaturated/α-hetero) is 1. The third-order valence-corrected chi connectivity index (χ3v) is 7.33. The van der Waals surface area contributed by atoms with E-state index in [0.29, 0.717) is 18.5 Å². The Balaban J connectivity index is 1.39. The van der Waals surface area contributed by atoms with E-state index in [9.17, 15) is 9.59 Å². The number of ketones is 1. The third-order valence-electron chi connectivity index (χ3n) is 7.33. The van der Waals surface area contributed by atoms with Gasteiger partial charge in [-0.15, -0.1) is 0 Å². The molecule has 1 aliphatic carbocycles. The van der Waals surface area contributed by atoms with Gasteiger partial charge in [-0.25, -0.2) is 0 Å². The number of fused-ring (bicyclic) bond motifs is 1. The molecule has 2 fully saturated rings. The maximum atomic E-state index is 13.7. The molecule has 1 saturated heterocycles. The molecule has 1 aromatic rings. The molecule has 7 nitrogen and oxygen atoms in total. The summed E-state index contributed by atoms with van der Waals surface area (Å²) in [6.07, 6.45) is 2.91. The smallest absolute Gasteiger partial charge is 0.290 e. The Bertz CT molecular complexity index is 880. The van der Waals surface area contributed by atoms with Gasteiger partial charge in [-0.05, 0) is 24.8 Å². The zero-order valence-electron chi connectivity index (χ0n) is 18.7. The summed E-state index contributed by atoms with van der Waals surface area (Å²) in [5.74, 6) is 0.0200. The van der Waals surface area contributed by atoms with Crippen LogP contribution in [0.4, 0.5) is 0 Å². The second-order valence-corrected chi connectivity index (χ2v) is 9.16. The van der Waals surface area contributed by atoms with Crippen LogP contribution in [0.3, 0.4) is 0 Å². The van der Waals surface area contributed by atoms with E-state index in [1.807, 2.05) is 35.2 Å². The van der Waals surface area contributed by atoms with Crippen LogP contribution in [-0.4, -0.2) is 80.2 Å². The van der Waals surface area contributed by atoms with Crippen molar-refractivity contribution in [3.8, 4) is 0 Å². The first-order valence-electron chi connectivity index (χ1n) is 11.8. The van der Waals surface area contributed by atoms with Crippen molar-refractivity contribution in [1.82, 2.24) is 9.80 Å². The predicted octanol–water partition coefficient (Wildman–Crippen LogP) is 2.33. The summed E-state index contributed by atoms with van der Waals surface area (Å²) in [5.41, 5.74) is 1.53. The Kier molecular flexibility index (Phi) is 6.31. The number of nitrogens with zero attached hydrogens (tertiary/aromatic N) is 2. The largest absolute Gasteiger partial charge is 0.483 e. The molecule has 3 aliphatic heterocycles. The second kappa shape index (κ2) is 9.33. The number of morpholine rings is 1. The number of carbonyl (C=O) groups is 2. The number of benzene rings is 1. The summed E-state index contributed by atoms with van der Waals surface area (Å²) in [4.78, 5) is 31.4. The molecular weight excluding hydrogens is 408 g/mol. The maximum Gasteiger partial charge on any atom is 0.290 e. The number of rotatable bonds is 6. The summed E-state index contributed by atoms with van der Waals surface area (Å²) in [6.45, 7) is 4.88. The average molecular weight is 441 g/mol. The van der Waals surface area contributed by atoms with Gasteiger partial charge in [0.2, 0.25) is 0 Å². The molecular formula is C25H32N2O5. The summed E-state index contributed by atoms with van der Waals surface area (Å²) < 4.78 is 17.2. The lowest BCUT2D eigenvalue weighted by Gasteiger charge is -2.38. The molecule has 1 saturated carbocycles. The minimum Gasteiger partial charge on any atom is -0.483 e. The molecule has 7 heteroatoms. The fourth-order valence-electron chi connectivity index (χ4n) is 5.59. The summed E-state index contributed by atoms with van der Waals surface area (Å²) >= 11 is 0. The first-order valence-corrected chi connectivity index (χ1v) is 11.8. The highest BCUT2D eigenvalue weighted by Crippen LogP contribution is 2.46. The van der Waals surface area contributed by atoms with Crippen LogP contribution in [0.2, 0.25) is 0 Å². The predicted molar refractivity (Wildman–Crippen MR) is 118 cm³/mol. The van der Waals surface area contributed by atoms with Crippen molar-refractivity contribution < 1.29 is 23.8 Å². The van der Waals surface area contributed by atoms with Gasteiger partial charge in [-0.2, -0.15) is 0 Å². The highest BCUT2D eigenvalue weighted by atomic mass is 16.5. The zero-order valence-corrected chi connectivity index (χ0v) is 18.7. The quantitative estimate of drug-likeness (QED) is 0.676. The number of hydrogen-bond donors (Lipinski definition) is 0. The van der Waals surface area contributed by atoms with E-state index in [4.69, 9.17) is 14.2 Å². The molecule has 0 radical (unpaired) electrons. The molecule has 4 aliphatic rings. The fourth-order valence-corrected chi connectivity index (χ4v) is 5.59. The lowest BCUT2D eigenvalue weighted by atomic mass is 9.76. The molecule has 4 atom stereocenters. The standard InChI is InChI=1S/C25H32N2O5/c1-30-18-8-9-19-20(16-18)32-24-21(23(19)28)22(17-6-3-2-4-7-17)27(25(24)29)11-5-10-26-12-14-31-15-13-26/h2-4,6-7,18-20,22H,5,8-16H2,1H3. The third kappa shape index (κ3) is 3.98. The molecule has 0 N–H and O–H groups in total. The van der Waals surface area contributed by atoms with Crippen LogP contribution in [0.15, 0.2) is 41.7 Å². The number of ether oxygens (including phenoxy) is 3. The van der Waals surface area contributed by atoms with Crippen molar-refractivity contribution in [2.24, 2.45) is 5.92 Å². The van der Waals surface area contributed by atoms with E-state index in [0.717, 1.165) is 57.7 Å². The molecule has 32 heavy (non-hydrogen) atoms. The van der Waals surface area contributed by atoms with Gasteiger partial charge in [0.1, 0.15) is 6.10 Å². The highest BCUT2D eigenvalue weighted by molar-refractivity contribution is 6.11. The maximum absolute atomic E-state index is 13.7. The topological polar surface area (TPSA) is 68.3 Å². The van der Waals surface area contributed by atoms with Crippen LogP contribution >= 0.6 is 0 Å². The summed E-state index contributed by atoms with van der Waals surface area (Å²) in [7, 11) is 1.70. The van der Waals surface area contributed by atoms with Crippen molar-refractivity contribution in [2.75, 3.05) is 46.5 Å². The molecule has 3 heterocycles. The Labute approximate surface area is 189 Å². The lowest BCUT2D eigenvalue weighted by molar-refractivity contribution is -0.138. The van der Waals surface area contributed by atoms with Gasteiger partial charge in [0.15, 0.2) is 11.5 Å². The Hall–Kier alpha value is -2.22. The number of amides is 1. The monoisotopic (exact) mass is 440 g/mol. The SMILES string of the molecule is COC1CCC2C(=O)C3=C(OC2C1)C(=O)N(CCCN1CCOCC1)C3c1ccccc1. The Morgan fingerprint density at radius 1 is 1.06 bits per heavy atom. The van der Waals surface area contributed by atoms with Gasteiger partial charge in [0, 0.05) is 39.7 Å². The molecule has 1 aromatic carbocycles. The fraction of sp³-hybridized carbons (Fsp3) is 0.600. The van der Waals surface area contributed by atoms with E-state index >= 15 is 0 Å². The molecule has 0 bridgehead atoms. The molecule has 5 rings (SSSR count). The average Bonchev–Trinajstić information content (AvgIpc) is 3.12. The van der Waals surface area contributed by atoms with E-state index in [2.05, 4.69) is 4.90 Å². The van der Waals surface area contributed by atoms with Gasteiger partial charge in [0.05, 0.1) is 36.9 Å². The van der Waals surface area contributed by atoms with Gasteiger partial charge < -0.3 is 19.1 Å². The van der Waals surface area contributed by atoms with Crippen LogP contribution in [0.25, 0.3) is 0 Å². The normalized spacial score (nSPS) is 30.8. The number of methoxy groups -OCH3 is 1. The van der Waals surface area contributed by atoms with Crippen molar-refractivity contribution in [3.63, 3.8) is 0 Å². The molecule has 172 valence electrons. The van der Waals surface area contributed by atoms with Gasteiger partial charge in [0.25, 0.3) is 5.91 Å². The van der Waals surface area contributed by atoms with Crippen molar-refractivity contribution >= 4 is 11.7 Å². The van der Waals surface area contributed by atoms with Crippen molar-refractivity contribution in [2.45, 2.75) is 43.9 Å². The van der Waals surface area contributed by atoms with Crippen LogP contribution in [0.5, 0.6) is 0 Å². The molecule has 4 unspecified atom stereocenters. The minimum absolute atomic E-state index is 0.0808. The first-order chi connectivity index (χ1) is 15.7. The van der Waals surface area contributed by atoms with Crippen LogP contribution in [-0.2, 0) is 23.8 Å². The highest BCUT2D eigenvalue weighted by Gasteiger charge is 2.52. The molecule has 1 amide bonds. The number of hydrogen-bond acceptors (Lipinski definition) is 6. The van der Waals surface area contributed by atoms with Crippen LogP contribution in [0, 0.1) is 5.92 Å². The van der Waals surface area contributed by atoms with Gasteiger partial charge in [-0.1, -0.05) is 30.3 Å². The van der Waals surface area contributed by atoms with Crippen LogP contribution in [0.1, 0.15) is 37.3 Å². The van der Waals surface area contributed by atoms with Crippen LogP contribution < -0.4 is 0 Å². The molecule has 0 spiro atoms. The molecule has 0 aromatic heterocycles. The zero-order chi connectivity index (χ0) is 22.1. The van der Waals surface area contributed by atoms with Gasteiger partial charge >= 0.3 is 0 Å². The second-order valence-electron chi connectivity index (χ2n) is 9.16. The van der Waals surface area contributed by atoms with Crippen molar-refractivity contribution in [1.29, 1.82) is 0 Å². The first kappa shape index (κ1) is 21.6. The van der Waals surface area contributed by atoms with E-state index in [1.54, 1.807) is 7.11 Å². The van der Waals surface area contributed by atoms with E-state index in [-0.39, 0.29) is 41.6 Å².